The summed E-state index contributed by atoms with van der Waals surface area (Å²) in [5, 5.41) is 12.2. The van der Waals surface area contributed by atoms with E-state index in [1.54, 1.807) is 0 Å². The summed E-state index contributed by atoms with van der Waals surface area (Å²) in [4.78, 5) is 14.7. The van der Waals surface area contributed by atoms with Gasteiger partial charge in [0.25, 0.3) is 0 Å². The molecule has 2 N–H and O–H groups in total. The first-order chi connectivity index (χ1) is 8.78. The molecule has 0 radical (unpaired) electrons. The lowest BCUT2D eigenvalue weighted by molar-refractivity contribution is 0.300. The third kappa shape index (κ3) is 2.98. The van der Waals surface area contributed by atoms with Crippen molar-refractivity contribution in [3.8, 4) is 6.01 Å². The number of rotatable bonds is 7. The quantitative estimate of drug-likeness (QED) is 0.721. The molecule has 0 amide bonds. The molecule has 0 unspecified atom stereocenters. The Morgan fingerprint density at radius 2 is 2.17 bits per heavy atom. The molecule has 7 nitrogen and oxygen atoms in total. The molecule has 1 fully saturated rings. The van der Waals surface area contributed by atoms with Gasteiger partial charge >= 0.3 is 6.01 Å². The van der Waals surface area contributed by atoms with Crippen LogP contribution in [0, 0.1) is 0 Å². The largest absolute Gasteiger partial charge is 0.467 e. The van der Waals surface area contributed by atoms with Crippen LogP contribution in [0.15, 0.2) is 0 Å². The maximum atomic E-state index is 9.11. The van der Waals surface area contributed by atoms with E-state index in [4.69, 9.17) is 9.84 Å². The van der Waals surface area contributed by atoms with Crippen LogP contribution in [0.1, 0.15) is 19.8 Å². The first-order valence-electron chi connectivity index (χ1n) is 6.20. The van der Waals surface area contributed by atoms with Crippen LogP contribution in [-0.4, -0.2) is 52.9 Å². The zero-order chi connectivity index (χ0) is 13.0. The van der Waals surface area contributed by atoms with Crippen molar-refractivity contribution in [3.05, 3.63) is 0 Å². The van der Waals surface area contributed by atoms with Gasteiger partial charge in [-0.1, -0.05) is 0 Å². The summed E-state index contributed by atoms with van der Waals surface area (Å²) in [5.74, 6) is 1.07. The molecule has 0 saturated heterocycles. The Balaban J connectivity index is 2.25. The van der Waals surface area contributed by atoms with E-state index in [-0.39, 0.29) is 6.61 Å². The number of aliphatic hydroxyl groups is 1. The molecule has 18 heavy (non-hydrogen) atoms. The van der Waals surface area contributed by atoms with E-state index < -0.39 is 0 Å². The topological polar surface area (TPSA) is 83.4 Å². The molecule has 0 aliphatic heterocycles. The highest BCUT2D eigenvalue weighted by Gasteiger charge is 2.31. The Hall–Kier alpha value is -1.63. The van der Waals surface area contributed by atoms with Crippen LogP contribution in [0.2, 0.25) is 0 Å². The Morgan fingerprint density at radius 3 is 2.72 bits per heavy atom. The van der Waals surface area contributed by atoms with Gasteiger partial charge in [0.2, 0.25) is 11.9 Å². The van der Waals surface area contributed by atoms with Crippen molar-refractivity contribution in [3.63, 3.8) is 0 Å². The summed E-state index contributed by atoms with van der Waals surface area (Å²) in [7, 11) is 1.53. The fourth-order valence-corrected chi connectivity index (χ4v) is 1.74. The van der Waals surface area contributed by atoms with Crippen molar-refractivity contribution >= 4 is 11.9 Å². The van der Waals surface area contributed by atoms with Crippen LogP contribution in [-0.2, 0) is 0 Å². The highest BCUT2D eigenvalue weighted by atomic mass is 16.5. The number of aliphatic hydroxyl groups excluding tert-OH is 1. The van der Waals surface area contributed by atoms with Crippen LogP contribution < -0.4 is 15.0 Å². The first-order valence-corrected chi connectivity index (χ1v) is 6.20. The monoisotopic (exact) mass is 253 g/mol. The van der Waals surface area contributed by atoms with E-state index in [1.165, 1.54) is 7.11 Å². The van der Waals surface area contributed by atoms with Gasteiger partial charge in [0.05, 0.1) is 13.7 Å². The van der Waals surface area contributed by atoms with Crippen LogP contribution in [0.5, 0.6) is 6.01 Å². The molecule has 1 aliphatic rings. The summed E-state index contributed by atoms with van der Waals surface area (Å²) in [6, 6.07) is 0.721. The highest BCUT2D eigenvalue weighted by Crippen LogP contribution is 2.30. The Kier molecular flexibility index (Phi) is 4.14. The third-order valence-electron chi connectivity index (χ3n) is 2.71. The van der Waals surface area contributed by atoms with E-state index in [0.29, 0.717) is 30.5 Å². The van der Waals surface area contributed by atoms with Crippen molar-refractivity contribution in [2.75, 3.05) is 37.0 Å². The fourth-order valence-electron chi connectivity index (χ4n) is 1.74. The predicted octanol–water partition coefficient (Wildman–Crippen LogP) is 0.273. The van der Waals surface area contributed by atoms with Crippen molar-refractivity contribution in [2.45, 2.75) is 25.8 Å². The van der Waals surface area contributed by atoms with Crippen molar-refractivity contribution in [1.29, 1.82) is 0 Å². The molecule has 1 aromatic rings. The second-order valence-electron chi connectivity index (χ2n) is 4.12. The summed E-state index contributed by atoms with van der Waals surface area (Å²) in [6.07, 6.45) is 2.23. The number of ether oxygens (including phenoxy) is 1. The number of aromatic nitrogens is 3. The standard InChI is InChI=1S/C11H19N5O2/c1-3-12-9-13-10(15-11(14-9)18-2)16(6-7-17)8-4-5-8/h8,17H,3-7H2,1-2H3,(H,12,13,14,15). The minimum atomic E-state index is 0.0844. The molecule has 1 aromatic heterocycles. The maximum absolute atomic E-state index is 9.11. The van der Waals surface area contributed by atoms with E-state index >= 15 is 0 Å². The fraction of sp³-hybridized carbons (Fsp3) is 0.727. The van der Waals surface area contributed by atoms with Gasteiger partial charge < -0.3 is 20.1 Å². The molecule has 1 saturated carbocycles. The lowest BCUT2D eigenvalue weighted by Gasteiger charge is -2.21. The number of anilines is 2. The molecule has 100 valence electrons. The van der Waals surface area contributed by atoms with Crippen LogP contribution >= 0.6 is 0 Å². The van der Waals surface area contributed by atoms with E-state index in [9.17, 15) is 0 Å². The number of hydrogen-bond acceptors (Lipinski definition) is 7. The van der Waals surface area contributed by atoms with E-state index in [1.807, 2.05) is 11.8 Å². The number of hydrogen-bond donors (Lipinski definition) is 2. The van der Waals surface area contributed by atoms with E-state index in [2.05, 4.69) is 20.3 Å². The van der Waals surface area contributed by atoms with Gasteiger partial charge in [0.15, 0.2) is 0 Å². The average Bonchev–Trinajstić information content (AvgIpc) is 3.20. The third-order valence-corrected chi connectivity index (χ3v) is 2.71. The molecule has 0 aromatic carbocycles. The number of methoxy groups -OCH3 is 1. The van der Waals surface area contributed by atoms with Gasteiger partial charge in [-0.3, -0.25) is 0 Å². The van der Waals surface area contributed by atoms with Gasteiger partial charge in [-0.25, -0.2) is 0 Å². The molecule has 0 spiro atoms. The molecule has 7 heteroatoms. The smallest absolute Gasteiger partial charge is 0.322 e. The molecular weight excluding hydrogens is 234 g/mol. The van der Waals surface area contributed by atoms with Gasteiger partial charge in [-0.15, -0.1) is 0 Å². The Bertz CT molecular complexity index is 397. The first kappa shape index (κ1) is 12.8. The molecular formula is C11H19N5O2. The summed E-state index contributed by atoms with van der Waals surface area (Å²) >= 11 is 0. The summed E-state index contributed by atoms with van der Waals surface area (Å²) in [5.41, 5.74) is 0. The normalized spacial score (nSPS) is 14.4. The van der Waals surface area contributed by atoms with Gasteiger partial charge in [0.1, 0.15) is 0 Å². The van der Waals surface area contributed by atoms with Crippen molar-refractivity contribution < 1.29 is 9.84 Å². The Labute approximate surface area is 106 Å². The predicted molar refractivity (Wildman–Crippen MR) is 68.0 cm³/mol. The molecule has 0 atom stereocenters. The summed E-state index contributed by atoms with van der Waals surface area (Å²) in [6.45, 7) is 3.32. The van der Waals surface area contributed by atoms with Crippen LogP contribution in [0.4, 0.5) is 11.9 Å². The SMILES string of the molecule is CCNc1nc(OC)nc(N(CCO)C2CC2)n1. The van der Waals surface area contributed by atoms with Crippen molar-refractivity contribution in [1.82, 2.24) is 15.0 Å². The van der Waals surface area contributed by atoms with Gasteiger partial charge in [-0.05, 0) is 19.8 Å². The maximum Gasteiger partial charge on any atom is 0.322 e. The van der Waals surface area contributed by atoms with Crippen LogP contribution in [0.25, 0.3) is 0 Å². The Morgan fingerprint density at radius 1 is 1.39 bits per heavy atom. The van der Waals surface area contributed by atoms with Gasteiger partial charge in [-0.2, -0.15) is 15.0 Å². The summed E-state index contributed by atoms with van der Waals surface area (Å²) < 4.78 is 5.08. The van der Waals surface area contributed by atoms with Crippen molar-refractivity contribution in [2.24, 2.45) is 0 Å². The zero-order valence-corrected chi connectivity index (χ0v) is 10.8. The zero-order valence-electron chi connectivity index (χ0n) is 10.8. The average molecular weight is 253 g/mol. The molecule has 2 rings (SSSR count). The second kappa shape index (κ2) is 5.81. The number of nitrogens with zero attached hydrogens (tertiary/aromatic N) is 4. The van der Waals surface area contributed by atoms with Crippen LogP contribution in [0.3, 0.4) is 0 Å². The molecule has 0 bridgehead atoms. The van der Waals surface area contributed by atoms with Gasteiger partial charge in [0, 0.05) is 19.1 Å². The van der Waals surface area contributed by atoms with E-state index in [0.717, 1.165) is 19.4 Å². The minimum Gasteiger partial charge on any atom is -0.467 e. The number of nitrogens with one attached hydrogen (secondary N) is 1. The lowest BCUT2D eigenvalue weighted by Crippen LogP contribution is -2.31. The highest BCUT2D eigenvalue weighted by molar-refractivity contribution is 5.40. The molecule has 1 aliphatic carbocycles. The lowest BCUT2D eigenvalue weighted by atomic mass is 10.5. The molecule has 1 heterocycles. The minimum absolute atomic E-state index is 0.0844. The second-order valence-corrected chi connectivity index (χ2v) is 4.12.